The summed E-state index contributed by atoms with van der Waals surface area (Å²) in [7, 11) is 1.65. The van der Waals surface area contributed by atoms with Gasteiger partial charge in [-0.05, 0) is 31.0 Å². The van der Waals surface area contributed by atoms with E-state index in [4.69, 9.17) is 15.2 Å². The summed E-state index contributed by atoms with van der Waals surface area (Å²) in [6, 6.07) is 7.69. The van der Waals surface area contributed by atoms with Crippen LogP contribution in [0, 0.1) is 5.92 Å². The Labute approximate surface area is 97.6 Å². The number of para-hydroxylation sites is 2. The van der Waals surface area contributed by atoms with Crippen LogP contribution < -0.4 is 15.2 Å². The lowest BCUT2D eigenvalue weighted by molar-refractivity contribution is 0.263. The molecule has 1 aromatic rings. The van der Waals surface area contributed by atoms with Gasteiger partial charge in [-0.3, -0.25) is 0 Å². The van der Waals surface area contributed by atoms with Crippen LogP contribution in [-0.2, 0) is 0 Å². The van der Waals surface area contributed by atoms with E-state index in [9.17, 15) is 0 Å². The molecule has 3 heteroatoms. The molecule has 0 fully saturated rings. The Hall–Kier alpha value is -1.22. The molecule has 0 bridgehead atoms. The summed E-state index contributed by atoms with van der Waals surface area (Å²) in [5, 5.41) is 0. The summed E-state index contributed by atoms with van der Waals surface area (Å²) in [5.41, 5.74) is 5.64. The lowest BCUT2D eigenvalue weighted by atomic mass is 10.0. The van der Waals surface area contributed by atoms with Gasteiger partial charge in [0.1, 0.15) is 0 Å². The fourth-order valence-electron chi connectivity index (χ4n) is 1.56. The van der Waals surface area contributed by atoms with Crippen molar-refractivity contribution >= 4 is 0 Å². The first-order valence-corrected chi connectivity index (χ1v) is 5.77. The van der Waals surface area contributed by atoms with E-state index >= 15 is 0 Å². The van der Waals surface area contributed by atoms with Crippen LogP contribution in [0.1, 0.15) is 19.8 Å². The number of hydrogen-bond donors (Lipinski definition) is 1. The molecule has 0 radical (unpaired) electrons. The highest BCUT2D eigenvalue weighted by atomic mass is 16.5. The third kappa shape index (κ3) is 3.74. The zero-order chi connectivity index (χ0) is 11.8. The van der Waals surface area contributed by atoms with E-state index in [1.807, 2.05) is 24.3 Å². The van der Waals surface area contributed by atoms with E-state index in [1.165, 1.54) is 0 Å². The molecule has 0 saturated carbocycles. The molecule has 90 valence electrons. The molecule has 0 spiro atoms. The van der Waals surface area contributed by atoms with Crippen molar-refractivity contribution in [2.45, 2.75) is 19.8 Å². The van der Waals surface area contributed by atoms with Crippen molar-refractivity contribution in [2.75, 3.05) is 20.3 Å². The summed E-state index contributed by atoms with van der Waals surface area (Å²) in [6.07, 6.45) is 2.09. The highest BCUT2D eigenvalue weighted by Gasteiger charge is 2.06. The van der Waals surface area contributed by atoms with Crippen LogP contribution in [0.15, 0.2) is 24.3 Å². The van der Waals surface area contributed by atoms with Crippen LogP contribution in [0.25, 0.3) is 0 Å². The summed E-state index contributed by atoms with van der Waals surface area (Å²) in [5.74, 6) is 2.13. The molecule has 2 N–H and O–H groups in total. The number of hydrogen-bond acceptors (Lipinski definition) is 3. The van der Waals surface area contributed by atoms with Crippen LogP contribution in [0.4, 0.5) is 0 Å². The molecule has 0 heterocycles. The summed E-state index contributed by atoms with van der Waals surface area (Å²) in [6.45, 7) is 3.57. The van der Waals surface area contributed by atoms with Crippen molar-refractivity contribution < 1.29 is 9.47 Å². The smallest absolute Gasteiger partial charge is 0.161 e. The van der Waals surface area contributed by atoms with Crippen LogP contribution in [0.5, 0.6) is 11.5 Å². The van der Waals surface area contributed by atoms with Gasteiger partial charge < -0.3 is 15.2 Å². The predicted octanol–water partition coefficient (Wildman–Crippen LogP) is 2.45. The van der Waals surface area contributed by atoms with Gasteiger partial charge in [0.25, 0.3) is 0 Å². The molecule has 0 aliphatic rings. The van der Waals surface area contributed by atoms with Gasteiger partial charge in [-0.2, -0.15) is 0 Å². The molecule has 16 heavy (non-hydrogen) atoms. The number of rotatable bonds is 7. The summed E-state index contributed by atoms with van der Waals surface area (Å²) >= 11 is 0. The molecule has 0 aliphatic carbocycles. The number of ether oxygens (including phenoxy) is 2. The minimum Gasteiger partial charge on any atom is -0.493 e. The Balaban J connectivity index is 2.42. The maximum absolute atomic E-state index is 5.68. The maximum Gasteiger partial charge on any atom is 0.161 e. The van der Waals surface area contributed by atoms with E-state index in [2.05, 4.69) is 6.92 Å². The molecule has 0 aromatic heterocycles. The zero-order valence-corrected chi connectivity index (χ0v) is 10.1. The Morgan fingerprint density at radius 2 is 1.94 bits per heavy atom. The van der Waals surface area contributed by atoms with Gasteiger partial charge in [-0.1, -0.05) is 25.5 Å². The topological polar surface area (TPSA) is 44.5 Å². The van der Waals surface area contributed by atoms with E-state index in [1.54, 1.807) is 7.11 Å². The Morgan fingerprint density at radius 1 is 1.25 bits per heavy atom. The predicted molar refractivity (Wildman–Crippen MR) is 65.9 cm³/mol. The molecule has 1 rings (SSSR count). The standard InChI is InChI=1S/C13H21NO2/c1-3-11(10-14)8-9-16-13-7-5-4-6-12(13)15-2/h4-7,11H,3,8-10,14H2,1-2H3. The first kappa shape index (κ1) is 12.8. The van der Waals surface area contributed by atoms with E-state index in [0.717, 1.165) is 30.9 Å². The minimum absolute atomic E-state index is 0.551. The second-order valence-electron chi connectivity index (χ2n) is 3.80. The third-order valence-electron chi connectivity index (χ3n) is 2.76. The van der Waals surface area contributed by atoms with Crippen LogP contribution in [-0.4, -0.2) is 20.3 Å². The fraction of sp³-hybridized carbons (Fsp3) is 0.538. The van der Waals surface area contributed by atoms with Crippen LogP contribution in [0.2, 0.25) is 0 Å². The largest absolute Gasteiger partial charge is 0.493 e. The summed E-state index contributed by atoms with van der Waals surface area (Å²) < 4.78 is 10.9. The molecule has 3 nitrogen and oxygen atoms in total. The maximum atomic E-state index is 5.68. The van der Waals surface area contributed by atoms with Crippen molar-refractivity contribution in [3.63, 3.8) is 0 Å². The number of nitrogens with two attached hydrogens (primary N) is 1. The van der Waals surface area contributed by atoms with Crippen molar-refractivity contribution in [3.05, 3.63) is 24.3 Å². The van der Waals surface area contributed by atoms with Crippen molar-refractivity contribution in [1.29, 1.82) is 0 Å². The van der Waals surface area contributed by atoms with Gasteiger partial charge in [0, 0.05) is 0 Å². The normalized spacial score (nSPS) is 12.2. The monoisotopic (exact) mass is 223 g/mol. The SMILES string of the molecule is CCC(CN)CCOc1ccccc1OC. The van der Waals surface area contributed by atoms with Gasteiger partial charge in [-0.25, -0.2) is 0 Å². The number of benzene rings is 1. The lowest BCUT2D eigenvalue weighted by Gasteiger charge is -2.14. The average Bonchev–Trinajstić information content (AvgIpc) is 2.35. The third-order valence-corrected chi connectivity index (χ3v) is 2.76. The highest BCUT2D eigenvalue weighted by molar-refractivity contribution is 5.39. The quantitative estimate of drug-likeness (QED) is 0.772. The fourth-order valence-corrected chi connectivity index (χ4v) is 1.56. The molecule has 0 aliphatic heterocycles. The van der Waals surface area contributed by atoms with Crippen LogP contribution >= 0.6 is 0 Å². The molecule has 1 unspecified atom stereocenters. The average molecular weight is 223 g/mol. The highest BCUT2D eigenvalue weighted by Crippen LogP contribution is 2.26. The molecule has 0 saturated heterocycles. The first-order chi connectivity index (χ1) is 7.81. The Morgan fingerprint density at radius 3 is 2.50 bits per heavy atom. The molecule has 1 aromatic carbocycles. The van der Waals surface area contributed by atoms with Crippen molar-refractivity contribution in [2.24, 2.45) is 11.7 Å². The van der Waals surface area contributed by atoms with Gasteiger partial charge in [-0.15, -0.1) is 0 Å². The minimum atomic E-state index is 0.551. The van der Waals surface area contributed by atoms with Gasteiger partial charge in [0.05, 0.1) is 13.7 Å². The first-order valence-electron chi connectivity index (χ1n) is 5.77. The lowest BCUT2D eigenvalue weighted by Crippen LogP contribution is -2.16. The number of methoxy groups -OCH3 is 1. The Bertz CT molecular complexity index is 298. The summed E-state index contributed by atoms with van der Waals surface area (Å²) in [4.78, 5) is 0. The van der Waals surface area contributed by atoms with Gasteiger partial charge >= 0.3 is 0 Å². The second-order valence-corrected chi connectivity index (χ2v) is 3.80. The molecule has 1 atom stereocenters. The second kappa shape index (κ2) is 7.12. The van der Waals surface area contributed by atoms with E-state index in [-0.39, 0.29) is 0 Å². The molecular weight excluding hydrogens is 202 g/mol. The van der Waals surface area contributed by atoms with Crippen molar-refractivity contribution in [3.8, 4) is 11.5 Å². The molecule has 0 amide bonds. The van der Waals surface area contributed by atoms with Crippen LogP contribution in [0.3, 0.4) is 0 Å². The Kier molecular flexibility index (Phi) is 5.72. The zero-order valence-electron chi connectivity index (χ0n) is 10.1. The van der Waals surface area contributed by atoms with Gasteiger partial charge in [0.15, 0.2) is 11.5 Å². The van der Waals surface area contributed by atoms with E-state index in [0.29, 0.717) is 12.5 Å². The van der Waals surface area contributed by atoms with Crippen molar-refractivity contribution in [1.82, 2.24) is 0 Å². The van der Waals surface area contributed by atoms with E-state index < -0.39 is 0 Å². The van der Waals surface area contributed by atoms with Gasteiger partial charge in [0.2, 0.25) is 0 Å². The molecular formula is C13H21NO2.